The molecule has 0 unspecified atom stereocenters. The van der Waals surface area contributed by atoms with Gasteiger partial charge >= 0.3 is 0 Å². The lowest BCUT2D eigenvalue weighted by Gasteiger charge is -2.08. The van der Waals surface area contributed by atoms with Gasteiger partial charge in [0.05, 0.1) is 16.3 Å². The first-order valence-electron chi connectivity index (χ1n) is 5.31. The Morgan fingerprint density at radius 1 is 1.06 bits per heavy atom. The zero-order valence-corrected chi connectivity index (χ0v) is 11.1. The predicted octanol–water partition coefficient (Wildman–Crippen LogP) is 2.90. The van der Waals surface area contributed by atoms with Crippen LogP contribution in [-0.4, -0.2) is 8.42 Å². The van der Waals surface area contributed by atoms with Crippen LogP contribution in [0.2, 0.25) is 5.02 Å². The molecule has 0 fully saturated rings. The molecule has 18 heavy (non-hydrogen) atoms. The van der Waals surface area contributed by atoms with E-state index in [4.69, 9.17) is 17.3 Å². The summed E-state index contributed by atoms with van der Waals surface area (Å²) in [6, 6.07) is 13.4. The van der Waals surface area contributed by atoms with Crippen LogP contribution in [0.3, 0.4) is 0 Å². The van der Waals surface area contributed by atoms with E-state index in [9.17, 15) is 8.42 Å². The molecule has 0 atom stereocenters. The van der Waals surface area contributed by atoms with E-state index in [0.717, 1.165) is 5.56 Å². The number of halogens is 1. The zero-order chi connectivity index (χ0) is 13.2. The van der Waals surface area contributed by atoms with Crippen LogP contribution < -0.4 is 5.73 Å². The highest BCUT2D eigenvalue weighted by molar-refractivity contribution is 7.90. The molecule has 0 amide bonds. The van der Waals surface area contributed by atoms with Crippen LogP contribution in [0.5, 0.6) is 0 Å². The standard InChI is InChI=1S/C13H12ClNO2S/c14-11-6-7-12(15)13(8-11)18(16,17)9-10-4-2-1-3-5-10/h1-8H,9,15H2. The third-order valence-corrected chi connectivity index (χ3v) is 4.48. The molecule has 0 heterocycles. The largest absolute Gasteiger partial charge is 0.398 e. The van der Waals surface area contributed by atoms with Gasteiger partial charge < -0.3 is 5.73 Å². The summed E-state index contributed by atoms with van der Waals surface area (Å²) in [4.78, 5) is 0.0823. The molecule has 2 rings (SSSR count). The Morgan fingerprint density at radius 3 is 2.39 bits per heavy atom. The topological polar surface area (TPSA) is 60.2 Å². The first-order valence-corrected chi connectivity index (χ1v) is 7.34. The maximum absolute atomic E-state index is 12.2. The van der Waals surface area contributed by atoms with Gasteiger partial charge in [-0.15, -0.1) is 0 Å². The third kappa shape index (κ3) is 2.83. The van der Waals surface area contributed by atoms with E-state index in [2.05, 4.69) is 0 Å². The minimum atomic E-state index is -3.48. The number of nitrogens with two attached hydrogens (primary N) is 1. The van der Waals surface area contributed by atoms with E-state index in [1.807, 2.05) is 6.07 Å². The maximum atomic E-state index is 12.2. The van der Waals surface area contributed by atoms with E-state index in [1.54, 1.807) is 30.3 Å². The predicted molar refractivity (Wildman–Crippen MR) is 73.2 cm³/mol. The van der Waals surface area contributed by atoms with Crippen molar-refractivity contribution in [2.24, 2.45) is 0 Å². The fourth-order valence-corrected chi connectivity index (χ4v) is 3.41. The van der Waals surface area contributed by atoms with Crippen LogP contribution in [0.4, 0.5) is 5.69 Å². The minimum absolute atomic E-state index is 0.0823. The molecule has 0 aliphatic heterocycles. The Labute approximate surface area is 111 Å². The summed E-state index contributed by atoms with van der Waals surface area (Å²) in [5, 5.41) is 0.357. The second-order valence-corrected chi connectivity index (χ2v) is 6.32. The molecule has 0 saturated carbocycles. The highest BCUT2D eigenvalue weighted by Gasteiger charge is 2.18. The maximum Gasteiger partial charge on any atom is 0.184 e. The van der Waals surface area contributed by atoms with Crippen molar-refractivity contribution >= 4 is 27.1 Å². The third-order valence-electron chi connectivity index (χ3n) is 2.51. The summed E-state index contributed by atoms with van der Waals surface area (Å²) in [6.45, 7) is 0. The van der Waals surface area contributed by atoms with Gasteiger partial charge in [-0.25, -0.2) is 8.42 Å². The summed E-state index contributed by atoms with van der Waals surface area (Å²) < 4.78 is 24.5. The van der Waals surface area contributed by atoms with E-state index in [-0.39, 0.29) is 16.3 Å². The number of sulfone groups is 1. The van der Waals surface area contributed by atoms with Crippen LogP contribution >= 0.6 is 11.6 Å². The van der Waals surface area contributed by atoms with Crippen molar-refractivity contribution in [3.05, 3.63) is 59.1 Å². The van der Waals surface area contributed by atoms with Gasteiger partial charge in [-0.1, -0.05) is 41.9 Å². The van der Waals surface area contributed by atoms with Crippen molar-refractivity contribution in [1.29, 1.82) is 0 Å². The first kappa shape index (κ1) is 12.9. The molecular weight excluding hydrogens is 270 g/mol. The van der Waals surface area contributed by atoms with Gasteiger partial charge in [0.2, 0.25) is 0 Å². The normalized spacial score (nSPS) is 11.4. The second-order valence-electron chi connectivity index (χ2n) is 3.93. The lowest BCUT2D eigenvalue weighted by Crippen LogP contribution is -2.07. The fraction of sp³-hybridized carbons (Fsp3) is 0.0769. The Hall–Kier alpha value is -1.52. The molecule has 2 aromatic rings. The summed E-state index contributed by atoms with van der Waals surface area (Å²) >= 11 is 5.81. The Kier molecular flexibility index (Phi) is 3.59. The van der Waals surface area contributed by atoms with Gasteiger partial charge in [0.25, 0.3) is 0 Å². The highest BCUT2D eigenvalue weighted by Crippen LogP contribution is 2.25. The van der Waals surface area contributed by atoms with E-state index in [0.29, 0.717) is 5.02 Å². The van der Waals surface area contributed by atoms with Crippen LogP contribution in [0.1, 0.15) is 5.56 Å². The molecule has 2 aromatic carbocycles. The SMILES string of the molecule is Nc1ccc(Cl)cc1S(=O)(=O)Cc1ccccc1. The highest BCUT2D eigenvalue weighted by atomic mass is 35.5. The summed E-state index contributed by atoms with van der Waals surface area (Å²) in [5.74, 6) is -0.0849. The molecule has 5 heteroatoms. The quantitative estimate of drug-likeness (QED) is 0.880. The monoisotopic (exact) mass is 281 g/mol. The van der Waals surface area contributed by atoms with E-state index < -0.39 is 9.84 Å². The number of hydrogen-bond acceptors (Lipinski definition) is 3. The van der Waals surface area contributed by atoms with Crippen LogP contribution in [0.25, 0.3) is 0 Å². The van der Waals surface area contributed by atoms with E-state index >= 15 is 0 Å². The lowest BCUT2D eigenvalue weighted by molar-refractivity contribution is 0.595. The summed E-state index contributed by atoms with van der Waals surface area (Å²) in [6.07, 6.45) is 0. The Balaban J connectivity index is 2.40. The van der Waals surface area contributed by atoms with Gasteiger partial charge in [-0.3, -0.25) is 0 Å². The second kappa shape index (κ2) is 5.00. The molecule has 0 radical (unpaired) electrons. The average molecular weight is 282 g/mol. The number of rotatable bonds is 3. The molecule has 0 spiro atoms. The van der Waals surface area contributed by atoms with Crippen molar-refractivity contribution in [2.45, 2.75) is 10.6 Å². The number of nitrogen functional groups attached to an aromatic ring is 1. The van der Waals surface area contributed by atoms with Crippen molar-refractivity contribution < 1.29 is 8.42 Å². The first-order chi connectivity index (χ1) is 8.49. The van der Waals surface area contributed by atoms with Gasteiger partial charge in [-0.05, 0) is 23.8 Å². The molecule has 2 N–H and O–H groups in total. The average Bonchev–Trinajstić information content (AvgIpc) is 2.33. The Bertz CT molecular complexity index is 654. The fourth-order valence-electron chi connectivity index (χ4n) is 1.65. The van der Waals surface area contributed by atoms with E-state index in [1.165, 1.54) is 12.1 Å². The smallest absolute Gasteiger partial charge is 0.184 e. The van der Waals surface area contributed by atoms with Gasteiger partial charge in [0.1, 0.15) is 0 Å². The van der Waals surface area contributed by atoms with Crippen molar-refractivity contribution in [3.63, 3.8) is 0 Å². The summed E-state index contributed by atoms with van der Waals surface area (Å²) in [5.41, 5.74) is 6.63. The van der Waals surface area contributed by atoms with Gasteiger partial charge in [0.15, 0.2) is 9.84 Å². The lowest BCUT2D eigenvalue weighted by atomic mass is 10.2. The minimum Gasteiger partial charge on any atom is -0.398 e. The molecule has 0 aliphatic rings. The number of benzene rings is 2. The zero-order valence-electron chi connectivity index (χ0n) is 9.51. The molecule has 0 bridgehead atoms. The molecule has 3 nitrogen and oxygen atoms in total. The van der Waals surface area contributed by atoms with Crippen LogP contribution in [0.15, 0.2) is 53.4 Å². The van der Waals surface area contributed by atoms with Crippen molar-refractivity contribution in [3.8, 4) is 0 Å². The van der Waals surface area contributed by atoms with Gasteiger partial charge in [-0.2, -0.15) is 0 Å². The summed E-state index contributed by atoms with van der Waals surface area (Å²) in [7, 11) is -3.48. The molecule has 94 valence electrons. The van der Waals surface area contributed by atoms with Crippen LogP contribution in [0, 0.1) is 0 Å². The number of hydrogen-bond donors (Lipinski definition) is 1. The van der Waals surface area contributed by atoms with Crippen molar-refractivity contribution in [2.75, 3.05) is 5.73 Å². The van der Waals surface area contributed by atoms with Crippen molar-refractivity contribution in [1.82, 2.24) is 0 Å². The molecular formula is C13H12ClNO2S. The van der Waals surface area contributed by atoms with Crippen LogP contribution in [-0.2, 0) is 15.6 Å². The number of anilines is 1. The Morgan fingerprint density at radius 2 is 1.72 bits per heavy atom. The van der Waals surface area contributed by atoms with Gasteiger partial charge in [0, 0.05) is 5.02 Å². The molecule has 0 saturated heterocycles. The molecule has 0 aromatic heterocycles. The molecule has 0 aliphatic carbocycles.